The molecule has 8 heteroatoms. The van der Waals surface area contributed by atoms with Crippen LogP contribution in [0.3, 0.4) is 0 Å². The Hall–Kier alpha value is -2.35. The van der Waals surface area contributed by atoms with Crippen LogP contribution in [0.25, 0.3) is 10.9 Å². The molecule has 0 aliphatic rings. The molecule has 0 unspecified atom stereocenters. The fraction of sp³-hybridized carbons (Fsp3) is 0.0625. The van der Waals surface area contributed by atoms with Gasteiger partial charge in [-0.25, -0.2) is 13.6 Å². The Kier molecular flexibility index (Phi) is 4.08. The zero-order chi connectivity index (χ0) is 17.5. The fourth-order valence-corrected chi connectivity index (χ4v) is 3.57. The summed E-state index contributed by atoms with van der Waals surface area (Å²) in [5.41, 5.74) is 4.71. The van der Waals surface area contributed by atoms with Gasteiger partial charge in [-0.2, -0.15) is 0 Å². The number of fused-ring (bicyclic) bond motifs is 1. The number of para-hydroxylation sites is 1. The molecule has 24 heavy (non-hydrogen) atoms. The van der Waals surface area contributed by atoms with E-state index in [0.717, 1.165) is 16.6 Å². The highest BCUT2D eigenvalue weighted by Gasteiger charge is 2.16. The lowest BCUT2D eigenvalue weighted by molar-refractivity contribution is 0.101. The first-order valence-electron chi connectivity index (χ1n) is 6.98. The van der Waals surface area contributed by atoms with E-state index in [4.69, 9.17) is 16.7 Å². The smallest absolute Gasteiger partial charge is 0.267 e. The lowest BCUT2D eigenvalue weighted by Crippen LogP contribution is -2.23. The van der Waals surface area contributed by atoms with Gasteiger partial charge in [-0.15, -0.1) is 0 Å². The summed E-state index contributed by atoms with van der Waals surface area (Å²) >= 11 is 5.92. The monoisotopic (exact) mass is 363 g/mol. The van der Waals surface area contributed by atoms with Crippen molar-refractivity contribution in [3.05, 3.63) is 64.8 Å². The average molecular weight is 364 g/mol. The molecule has 0 spiro atoms. The number of nitrogens with zero attached hydrogens (tertiary/aromatic N) is 1. The Morgan fingerprint density at radius 2 is 1.88 bits per heavy atom. The zero-order valence-corrected chi connectivity index (χ0v) is 14.2. The lowest BCUT2D eigenvalue weighted by Gasteiger charge is -2.11. The Morgan fingerprint density at radius 3 is 2.54 bits per heavy atom. The number of aromatic nitrogens is 1. The number of sulfonamides is 1. The van der Waals surface area contributed by atoms with Gasteiger partial charge in [0.15, 0.2) is 0 Å². The number of amides is 1. The number of hydrogen-bond acceptors (Lipinski definition) is 3. The first-order valence-corrected chi connectivity index (χ1v) is 8.90. The van der Waals surface area contributed by atoms with Crippen molar-refractivity contribution < 1.29 is 13.2 Å². The standard InChI is InChI=1S/C16H14ClN3O3S/c1-10-8-11-4-2-3-5-14(11)20(10)19-16(21)12-6-7-15(13(17)9-12)24(18,22)23/h2-9H,1H3,(H,19,21)(H2,18,22,23). The normalized spacial score (nSPS) is 11.6. The quantitative estimate of drug-likeness (QED) is 0.748. The Bertz CT molecular complexity index is 1060. The van der Waals surface area contributed by atoms with Crippen molar-refractivity contribution in [3.8, 4) is 0 Å². The van der Waals surface area contributed by atoms with Gasteiger partial charge in [0, 0.05) is 16.6 Å². The van der Waals surface area contributed by atoms with E-state index < -0.39 is 15.9 Å². The molecule has 1 heterocycles. The molecule has 0 saturated heterocycles. The van der Waals surface area contributed by atoms with Crippen molar-refractivity contribution in [2.75, 3.05) is 5.43 Å². The van der Waals surface area contributed by atoms with E-state index >= 15 is 0 Å². The third-order valence-electron chi connectivity index (χ3n) is 3.61. The molecule has 0 aliphatic carbocycles. The SMILES string of the molecule is Cc1cc2ccccc2n1NC(=O)c1ccc(S(N)(=O)=O)c(Cl)c1. The van der Waals surface area contributed by atoms with Crippen LogP contribution in [-0.4, -0.2) is 19.0 Å². The highest BCUT2D eigenvalue weighted by Crippen LogP contribution is 2.22. The number of hydrogen-bond donors (Lipinski definition) is 2. The van der Waals surface area contributed by atoms with Gasteiger partial charge >= 0.3 is 0 Å². The molecule has 0 fully saturated rings. The average Bonchev–Trinajstić information content (AvgIpc) is 2.82. The van der Waals surface area contributed by atoms with Crippen LogP contribution in [0.4, 0.5) is 0 Å². The number of halogens is 1. The molecule has 1 aromatic heterocycles. The van der Waals surface area contributed by atoms with Crippen molar-refractivity contribution >= 4 is 38.4 Å². The minimum absolute atomic E-state index is 0.0979. The predicted molar refractivity (Wildman–Crippen MR) is 93.2 cm³/mol. The number of nitrogens with two attached hydrogens (primary N) is 1. The summed E-state index contributed by atoms with van der Waals surface area (Å²) in [6.45, 7) is 1.87. The first-order chi connectivity index (χ1) is 11.3. The van der Waals surface area contributed by atoms with E-state index in [1.807, 2.05) is 37.3 Å². The van der Waals surface area contributed by atoms with E-state index in [2.05, 4.69) is 5.43 Å². The number of nitrogens with one attached hydrogen (secondary N) is 1. The predicted octanol–water partition coefficient (Wildman–Crippen LogP) is 2.63. The molecule has 3 N–H and O–H groups in total. The fourth-order valence-electron chi connectivity index (χ4n) is 2.48. The van der Waals surface area contributed by atoms with E-state index in [1.165, 1.54) is 18.2 Å². The summed E-state index contributed by atoms with van der Waals surface area (Å²) in [6.07, 6.45) is 0. The number of aryl methyl sites for hydroxylation is 1. The topological polar surface area (TPSA) is 94.2 Å². The van der Waals surface area contributed by atoms with Crippen LogP contribution in [0.15, 0.2) is 53.4 Å². The molecule has 3 aromatic rings. The van der Waals surface area contributed by atoms with Gasteiger partial charge in [-0.1, -0.05) is 29.8 Å². The molecule has 0 aliphatic heterocycles. The molecular formula is C16H14ClN3O3S. The molecule has 2 aromatic carbocycles. The third kappa shape index (κ3) is 3.01. The Balaban J connectivity index is 1.95. The van der Waals surface area contributed by atoms with E-state index in [-0.39, 0.29) is 15.5 Å². The summed E-state index contributed by atoms with van der Waals surface area (Å²) in [7, 11) is -3.93. The van der Waals surface area contributed by atoms with Crippen molar-refractivity contribution in [1.29, 1.82) is 0 Å². The third-order valence-corrected chi connectivity index (χ3v) is 5.00. The van der Waals surface area contributed by atoms with Gasteiger partial charge in [0.05, 0.1) is 10.5 Å². The summed E-state index contributed by atoms with van der Waals surface area (Å²) in [5.74, 6) is -0.415. The molecule has 0 saturated carbocycles. The Morgan fingerprint density at radius 1 is 1.17 bits per heavy atom. The minimum Gasteiger partial charge on any atom is -0.267 e. The number of carbonyl (C=O) groups excluding carboxylic acids is 1. The maximum Gasteiger partial charge on any atom is 0.270 e. The van der Waals surface area contributed by atoms with Crippen LogP contribution in [0.5, 0.6) is 0 Å². The second kappa shape index (κ2) is 5.94. The Labute approximate surface area is 143 Å². The van der Waals surface area contributed by atoms with Crippen molar-refractivity contribution in [3.63, 3.8) is 0 Å². The van der Waals surface area contributed by atoms with Crippen LogP contribution < -0.4 is 10.6 Å². The number of benzene rings is 2. The zero-order valence-electron chi connectivity index (χ0n) is 12.7. The molecule has 6 nitrogen and oxygen atoms in total. The molecule has 124 valence electrons. The number of primary sulfonamides is 1. The second-order valence-corrected chi connectivity index (χ2v) is 7.25. The van der Waals surface area contributed by atoms with Gasteiger partial charge in [-0.05, 0) is 37.3 Å². The van der Waals surface area contributed by atoms with Crippen molar-refractivity contribution in [2.24, 2.45) is 5.14 Å². The maximum atomic E-state index is 12.4. The lowest BCUT2D eigenvalue weighted by atomic mass is 10.2. The maximum absolute atomic E-state index is 12.4. The molecule has 3 rings (SSSR count). The minimum atomic E-state index is -3.93. The highest BCUT2D eigenvalue weighted by molar-refractivity contribution is 7.89. The summed E-state index contributed by atoms with van der Waals surface area (Å²) < 4.78 is 24.4. The van der Waals surface area contributed by atoms with Gasteiger partial charge in [0.2, 0.25) is 10.0 Å². The van der Waals surface area contributed by atoms with Crippen LogP contribution in [0.1, 0.15) is 16.1 Å². The summed E-state index contributed by atoms with van der Waals surface area (Å²) in [4.78, 5) is 12.2. The van der Waals surface area contributed by atoms with Gasteiger partial charge in [0.25, 0.3) is 5.91 Å². The molecular weight excluding hydrogens is 350 g/mol. The van der Waals surface area contributed by atoms with Crippen LogP contribution in [-0.2, 0) is 10.0 Å². The van der Waals surface area contributed by atoms with Crippen molar-refractivity contribution in [2.45, 2.75) is 11.8 Å². The molecule has 0 radical (unpaired) electrons. The second-order valence-electron chi connectivity index (χ2n) is 5.31. The van der Waals surface area contributed by atoms with Crippen molar-refractivity contribution in [1.82, 2.24) is 4.68 Å². The van der Waals surface area contributed by atoms with Crippen LogP contribution >= 0.6 is 11.6 Å². The van der Waals surface area contributed by atoms with Crippen LogP contribution in [0, 0.1) is 6.92 Å². The first kappa shape index (κ1) is 16.5. The summed E-state index contributed by atoms with van der Waals surface area (Å²) in [6, 6.07) is 13.4. The van der Waals surface area contributed by atoms with Gasteiger partial charge in [-0.3, -0.25) is 14.9 Å². The van der Waals surface area contributed by atoms with E-state index in [1.54, 1.807) is 4.68 Å². The van der Waals surface area contributed by atoms with Crippen LogP contribution in [0.2, 0.25) is 5.02 Å². The van der Waals surface area contributed by atoms with Gasteiger partial charge in [0.1, 0.15) is 4.90 Å². The van der Waals surface area contributed by atoms with E-state index in [0.29, 0.717) is 0 Å². The largest absolute Gasteiger partial charge is 0.270 e. The molecule has 0 atom stereocenters. The van der Waals surface area contributed by atoms with E-state index in [9.17, 15) is 13.2 Å². The highest BCUT2D eigenvalue weighted by atomic mass is 35.5. The summed E-state index contributed by atoms with van der Waals surface area (Å²) in [5, 5.41) is 5.96. The number of carbonyl (C=O) groups is 1. The number of rotatable bonds is 3. The molecule has 1 amide bonds. The van der Waals surface area contributed by atoms with Gasteiger partial charge < -0.3 is 0 Å². The molecule has 0 bridgehead atoms.